The highest BCUT2D eigenvalue weighted by atomic mass is 32.2. The molecule has 0 spiro atoms. The van der Waals surface area contributed by atoms with Crippen LogP contribution in [0.4, 0.5) is 5.69 Å². The Labute approximate surface area is 122 Å². The van der Waals surface area contributed by atoms with Gasteiger partial charge in [0, 0.05) is 12.2 Å². The first-order chi connectivity index (χ1) is 9.40. The van der Waals surface area contributed by atoms with Crippen molar-refractivity contribution >= 4 is 15.7 Å². The van der Waals surface area contributed by atoms with Crippen molar-refractivity contribution in [2.75, 3.05) is 12.3 Å². The summed E-state index contributed by atoms with van der Waals surface area (Å²) in [6.07, 6.45) is 4.32. The maximum Gasteiger partial charge on any atom is 0.240 e. The summed E-state index contributed by atoms with van der Waals surface area (Å²) in [5.41, 5.74) is 7.17. The number of hydrogen-bond acceptors (Lipinski definition) is 3. The van der Waals surface area contributed by atoms with E-state index in [9.17, 15) is 8.42 Å². The summed E-state index contributed by atoms with van der Waals surface area (Å²) in [7, 11) is -3.46. The summed E-state index contributed by atoms with van der Waals surface area (Å²) in [6.45, 7) is 6.59. The van der Waals surface area contributed by atoms with Gasteiger partial charge in [-0.1, -0.05) is 39.2 Å². The van der Waals surface area contributed by atoms with Crippen LogP contribution in [0.25, 0.3) is 0 Å². The molecule has 3 N–H and O–H groups in total. The van der Waals surface area contributed by atoms with E-state index in [1.807, 2.05) is 6.92 Å². The molecule has 5 heteroatoms. The molecule has 4 nitrogen and oxygen atoms in total. The van der Waals surface area contributed by atoms with Crippen LogP contribution >= 0.6 is 0 Å². The van der Waals surface area contributed by atoms with E-state index < -0.39 is 10.0 Å². The van der Waals surface area contributed by atoms with Gasteiger partial charge in [0.25, 0.3) is 0 Å². The maximum absolute atomic E-state index is 12.2. The molecular weight excluding hydrogens is 272 g/mol. The number of nitrogen functional groups attached to an aromatic ring is 1. The summed E-state index contributed by atoms with van der Waals surface area (Å²) < 4.78 is 27.1. The van der Waals surface area contributed by atoms with E-state index >= 15 is 0 Å². The molecule has 0 aliphatic carbocycles. The normalized spacial score (nSPS) is 13.3. The second kappa shape index (κ2) is 7.64. The minimum absolute atomic E-state index is 0.242. The highest BCUT2D eigenvalue weighted by Gasteiger charge is 2.16. The third-order valence-corrected chi connectivity index (χ3v) is 5.09. The second-order valence-electron chi connectivity index (χ2n) is 5.29. The summed E-state index contributed by atoms with van der Waals surface area (Å²) in [5, 5.41) is 0. The van der Waals surface area contributed by atoms with Crippen LogP contribution in [0.15, 0.2) is 23.1 Å². The van der Waals surface area contributed by atoms with Crippen molar-refractivity contribution in [3.8, 4) is 0 Å². The maximum atomic E-state index is 12.2. The monoisotopic (exact) mass is 298 g/mol. The van der Waals surface area contributed by atoms with Gasteiger partial charge in [0.05, 0.1) is 4.90 Å². The van der Waals surface area contributed by atoms with E-state index in [1.165, 1.54) is 6.07 Å². The van der Waals surface area contributed by atoms with Crippen molar-refractivity contribution in [2.24, 2.45) is 5.92 Å². The van der Waals surface area contributed by atoms with Crippen LogP contribution < -0.4 is 10.5 Å². The van der Waals surface area contributed by atoms with Gasteiger partial charge in [0.15, 0.2) is 0 Å². The van der Waals surface area contributed by atoms with Gasteiger partial charge in [-0.05, 0) is 37.0 Å². The lowest BCUT2D eigenvalue weighted by Crippen LogP contribution is -2.29. The molecular formula is C15H26N2O2S. The summed E-state index contributed by atoms with van der Waals surface area (Å²) in [4.78, 5) is 0.242. The van der Waals surface area contributed by atoms with Gasteiger partial charge in [0.1, 0.15) is 0 Å². The molecule has 0 amide bonds. The lowest BCUT2D eigenvalue weighted by atomic mass is 10.00. The Morgan fingerprint density at radius 1 is 1.30 bits per heavy atom. The Balaban J connectivity index is 2.71. The van der Waals surface area contributed by atoms with Crippen molar-refractivity contribution in [1.82, 2.24) is 4.72 Å². The molecule has 0 aromatic heterocycles. The number of nitrogens with two attached hydrogens (primary N) is 1. The van der Waals surface area contributed by atoms with E-state index in [0.717, 1.165) is 31.2 Å². The summed E-state index contributed by atoms with van der Waals surface area (Å²) in [6, 6.07) is 4.85. The average molecular weight is 298 g/mol. The van der Waals surface area contributed by atoms with Crippen molar-refractivity contribution in [3.63, 3.8) is 0 Å². The van der Waals surface area contributed by atoms with Crippen molar-refractivity contribution in [1.29, 1.82) is 0 Å². The standard InChI is InChI=1S/C15H26N2O2S/c1-4-6-7-13(5-2)11-17-20(18,19)14-9-8-12(3)15(16)10-14/h8-10,13,17H,4-7,11,16H2,1-3H3. The van der Waals surface area contributed by atoms with Crippen LogP contribution in [-0.2, 0) is 10.0 Å². The van der Waals surface area contributed by atoms with E-state index in [-0.39, 0.29) is 4.90 Å². The van der Waals surface area contributed by atoms with Crippen molar-refractivity contribution in [3.05, 3.63) is 23.8 Å². The van der Waals surface area contributed by atoms with Gasteiger partial charge in [-0.3, -0.25) is 0 Å². The number of hydrogen-bond donors (Lipinski definition) is 2. The molecule has 1 aromatic carbocycles. The fraction of sp³-hybridized carbons (Fsp3) is 0.600. The SMILES string of the molecule is CCCCC(CC)CNS(=O)(=O)c1ccc(C)c(N)c1. The molecule has 114 valence electrons. The van der Waals surface area contributed by atoms with Crippen molar-refractivity contribution in [2.45, 2.75) is 51.3 Å². The van der Waals surface area contributed by atoms with E-state index in [4.69, 9.17) is 5.73 Å². The Kier molecular flexibility index (Phi) is 6.49. The first kappa shape index (κ1) is 17.0. The van der Waals surface area contributed by atoms with Gasteiger partial charge in [-0.25, -0.2) is 13.1 Å². The largest absolute Gasteiger partial charge is 0.398 e. The zero-order valence-corrected chi connectivity index (χ0v) is 13.5. The zero-order valence-electron chi connectivity index (χ0n) is 12.6. The molecule has 20 heavy (non-hydrogen) atoms. The molecule has 0 saturated carbocycles. The number of sulfonamides is 1. The quantitative estimate of drug-likeness (QED) is 0.724. The van der Waals surface area contributed by atoms with Gasteiger partial charge < -0.3 is 5.73 Å². The summed E-state index contributed by atoms with van der Waals surface area (Å²) >= 11 is 0. The number of aryl methyl sites for hydroxylation is 1. The smallest absolute Gasteiger partial charge is 0.240 e. The number of unbranched alkanes of at least 4 members (excludes halogenated alkanes) is 1. The minimum atomic E-state index is -3.46. The van der Waals surface area contributed by atoms with E-state index in [0.29, 0.717) is 18.2 Å². The minimum Gasteiger partial charge on any atom is -0.398 e. The molecule has 0 radical (unpaired) electrons. The predicted molar refractivity (Wildman–Crippen MR) is 84.1 cm³/mol. The number of rotatable bonds is 8. The third-order valence-electron chi connectivity index (χ3n) is 3.67. The predicted octanol–water partition coefficient (Wildman–Crippen LogP) is 3.07. The second-order valence-corrected chi connectivity index (χ2v) is 7.05. The Hall–Kier alpha value is -1.07. The first-order valence-electron chi connectivity index (χ1n) is 7.26. The number of benzene rings is 1. The molecule has 1 unspecified atom stereocenters. The van der Waals surface area contributed by atoms with Crippen molar-refractivity contribution < 1.29 is 8.42 Å². The van der Waals surface area contributed by atoms with Crippen LogP contribution in [0.2, 0.25) is 0 Å². The fourth-order valence-corrected chi connectivity index (χ4v) is 3.19. The summed E-state index contributed by atoms with van der Waals surface area (Å²) in [5.74, 6) is 0.396. The van der Waals surface area contributed by atoms with Crippen LogP contribution in [0.3, 0.4) is 0 Å². The topological polar surface area (TPSA) is 72.2 Å². The molecule has 1 rings (SSSR count). The lowest BCUT2D eigenvalue weighted by Gasteiger charge is -2.15. The van der Waals surface area contributed by atoms with E-state index in [1.54, 1.807) is 12.1 Å². The lowest BCUT2D eigenvalue weighted by molar-refractivity contribution is 0.444. The zero-order chi connectivity index (χ0) is 15.2. The van der Waals surface area contributed by atoms with Crippen LogP contribution in [0, 0.1) is 12.8 Å². The molecule has 0 heterocycles. The van der Waals surface area contributed by atoms with Gasteiger partial charge >= 0.3 is 0 Å². The first-order valence-corrected chi connectivity index (χ1v) is 8.74. The van der Waals surface area contributed by atoms with Crippen LogP contribution in [-0.4, -0.2) is 15.0 Å². The highest BCUT2D eigenvalue weighted by Crippen LogP contribution is 2.18. The Morgan fingerprint density at radius 3 is 2.55 bits per heavy atom. The van der Waals surface area contributed by atoms with Gasteiger partial charge in [-0.2, -0.15) is 0 Å². The van der Waals surface area contributed by atoms with Crippen LogP contribution in [0.1, 0.15) is 45.1 Å². The number of anilines is 1. The molecule has 0 saturated heterocycles. The fourth-order valence-electron chi connectivity index (χ4n) is 2.04. The highest BCUT2D eigenvalue weighted by molar-refractivity contribution is 7.89. The van der Waals surface area contributed by atoms with Gasteiger partial charge in [-0.15, -0.1) is 0 Å². The van der Waals surface area contributed by atoms with Crippen LogP contribution in [0.5, 0.6) is 0 Å². The van der Waals surface area contributed by atoms with Gasteiger partial charge in [0.2, 0.25) is 10.0 Å². The molecule has 0 fully saturated rings. The Bertz CT molecular complexity index is 527. The number of nitrogens with one attached hydrogen (secondary N) is 1. The molecule has 1 atom stereocenters. The molecule has 0 bridgehead atoms. The molecule has 0 aliphatic rings. The Morgan fingerprint density at radius 2 is 2.00 bits per heavy atom. The molecule has 0 aliphatic heterocycles. The third kappa shape index (κ3) is 4.80. The average Bonchev–Trinajstić information content (AvgIpc) is 2.42. The molecule has 1 aromatic rings. The van der Waals surface area contributed by atoms with E-state index in [2.05, 4.69) is 18.6 Å².